The van der Waals surface area contributed by atoms with Crippen molar-refractivity contribution in [2.75, 3.05) is 0 Å². The number of aliphatic hydroxyl groups is 1. The number of cyclic esters (lactones) is 1. The lowest BCUT2D eigenvalue weighted by Crippen LogP contribution is -2.34. The van der Waals surface area contributed by atoms with Gasteiger partial charge in [0.1, 0.15) is 29.8 Å². The van der Waals surface area contributed by atoms with E-state index < -0.39 is 6.10 Å². The molecule has 2 atom stereocenters. The second kappa shape index (κ2) is 9.14. The maximum Gasteiger partial charge on any atom is 0.308 e. The molecule has 0 amide bonds. The highest BCUT2D eigenvalue weighted by Gasteiger charge is 2.33. The number of rotatable bonds is 6. The van der Waals surface area contributed by atoms with Gasteiger partial charge in [0.15, 0.2) is 0 Å². The highest BCUT2D eigenvalue weighted by atomic mass is 16.5. The SMILES string of the molecule is Cc1c(CCC2CC(O)CC(=O)O2)c2c(c(C)c1OCc1ccccc1)CCC(C)(C)O2. The summed E-state index contributed by atoms with van der Waals surface area (Å²) >= 11 is 0. The Morgan fingerprint density at radius 2 is 1.91 bits per heavy atom. The van der Waals surface area contributed by atoms with E-state index in [0.717, 1.165) is 46.6 Å². The fraction of sp³-hybridized carbons (Fsp3) is 0.519. The molecule has 0 saturated carbocycles. The van der Waals surface area contributed by atoms with E-state index in [-0.39, 0.29) is 24.1 Å². The third-order valence-electron chi connectivity index (χ3n) is 6.67. The molecule has 2 aliphatic heterocycles. The van der Waals surface area contributed by atoms with Gasteiger partial charge in [0.05, 0.1) is 12.5 Å². The lowest BCUT2D eigenvalue weighted by Gasteiger charge is -2.36. The second-order valence-corrected chi connectivity index (χ2v) is 9.75. The molecule has 5 nitrogen and oxygen atoms in total. The van der Waals surface area contributed by atoms with Gasteiger partial charge in [0.2, 0.25) is 0 Å². The van der Waals surface area contributed by atoms with Crippen LogP contribution in [0, 0.1) is 13.8 Å². The van der Waals surface area contributed by atoms with Crippen molar-refractivity contribution in [1.82, 2.24) is 0 Å². The fourth-order valence-corrected chi connectivity index (χ4v) is 4.85. The molecule has 0 aliphatic carbocycles. The third-order valence-corrected chi connectivity index (χ3v) is 6.67. The van der Waals surface area contributed by atoms with Gasteiger partial charge < -0.3 is 19.3 Å². The largest absolute Gasteiger partial charge is 0.488 e. The van der Waals surface area contributed by atoms with Crippen molar-refractivity contribution in [2.45, 2.75) is 90.6 Å². The van der Waals surface area contributed by atoms with Gasteiger partial charge in [-0.15, -0.1) is 0 Å². The molecule has 4 rings (SSSR count). The molecule has 0 radical (unpaired) electrons. The van der Waals surface area contributed by atoms with E-state index in [1.54, 1.807) is 0 Å². The quantitative estimate of drug-likeness (QED) is 0.644. The van der Waals surface area contributed by atoms with Crippen LogP contribution in [0.3, 0.4) is 0 Å². The standard InChI is InChI=1S/C27H34O5/c1-17-22(11-10-21-14-20(28)15-24(29)31-21)26-23(12-13-27(3,4)32-26)18(2)25(17)30-16-19-8-6-5-7-9-19/h5-9,20-21,28H,10-16H2,1-4H3. The van der Waals surface area contributed by atoms with Gasteiger partial charge in [0, 0.05) is 17.5 Å². The van der Waals surface area contributed by atoms with Gasteiger partial charge in [-0.25, -0.2) is 0 Å². The van der Waals surface area contributed by atoms with Crippen molar-refractivity contribution < 1.29 is 24.1 Å². The number of hydrogen-bond acceptors (Lipinski definition) is 5. The van der Waals surface area contributed by atoms with Crippen molar-refractivity contribution in [3.8, 4) is 11.5 Å². The first kappa shape index (κ1) is 22.7. The summed E-state index contributed by atoms with van der Waals surface area (Å²) in [6.07, 6.45) is 2.95. The van der Waals surface area contributed by atoms with Crippen LogP contribution in [-0.4, -0.2) is 28.9 Å². The molecule has 32 heavy (non-hydrogen) atoms. The van der Waals surface area contributed by atoms with Crippen molar-refractivity contribution in [3.05, 3.63) is 58.1 Å². The lowest BCUT2D eigenvalue weighted by atomic mass is 9.86. The summed E-state index contributed by atoms with van der Waals surface area (Å²) in [6, 6.07) is 10.2. The molecule has 172 valence electrons. The van der Waals surface area contributed by atoms with E-state index in [2.05, 4.69) is 39.8 Å². The van der Waals surface area contributed by atoms with E-state index >= 15 is 0 Å². The van der Waals surface area contributed by atoms with Gasteiger partial charge in [-0.1, -0.05) is 30.3 Å². The van der Waals surface area contributed by atoms with Crippen molar-refractivity contribution >= 4 is 5.97 Å². The highest BCUT2D eigenvalue weighted by Crippen LogP contribution is 2.45. The molecule has 2 unspecified atom stereocenters. The summed E-state index contributed by atoms with van der Waals surface area (Å²) in [7, 11) is 0. The first-order valence-electron chi connectivity index (χ1n) is 11.6. The monoisotopic (exact) mass is 438 g/mol. The first-order chi connectivity index (χ1) is 15.2. The molecular formula is C27H34O5. The minimum Gasteiger partial charge on any atom is -0.488 e. The van der Waals surface area contributed by atoms with Crippen LogP contribution in [0.4, 0.5) is 0 Å². The molecule has 2 aromatic rings. The summed E-state index contributed by atoms with van der Waals surface area (Å²) in [4.78, 5) is 11.8. The Morgan fingerprint density at radius 3 is 2.62 bits per heavy atom. The van der Waals surface area contributed by atoms with Crippen LogP contribution in [-0.2, 0) is 29.0 Å². The average molecular weight is 439 g/mol. The molecule has 2 heterocycles. The Balaban J connectivity index is 1.64. The van der Waals surface area contributed by atoms with Crippen LogP contribution in [0.5, 0.6) is 11.5 Å². The zero-order valence-corrected chi connectivity index (χ0v) is 19.6. The predicted octanol–water partition coefficient (Wildman–Crippen LogP) is 4.99. The molecule has 0 bridgehead atoms. The average Bonchev–Trinajstić information content (AvgIpc) is 2.73. The van der Waals surface area contributed by atoms with Crippen LogP contribution < -0.4 is 9.47 Å². The Kier molecular flexibility index (Phi) is 6.47. The maximum absolute atomic E-state index is 11.8. The summed E-state index contributed by atoms with van der Waals surface area (Å²) in [5.74, 6) is 1.57. The van der Waals surface area contributed by atoms with Crippen molar-refractivity contribution in [3.63, 3.8) is 0 Å². The molecule has 0 spiro atoms. The van der Waals surface area contributed by atoms with Gasteiger partial charge >= 0.3 is 5.97 Å². The summed E-state index contributed by atoms with van der Waals surface area (Å²) < 4.78 is 18.3. The summed E-state index contributed by atoms with van der Waals surface area (Å²) in [6.45, 7) is 8.99. The molecule has 1 fully saturated rings. The van der Waals surface area contributed by atoms with Gasteiger partial charge in [-0.05, 0) is 70.1 Å². The van der Waals surface area contributed by atoms with Gasteiger partial charge in [-0.3, -0.25) is 4.79 Å². The minimum atomic E-state index is -0.616. The van der Waals surface area contributed by atoms with Crippen LogP contribution in [0.1, 0.15) is 67.3 Å². The molecule has 2 aliphatic rings. The zero-order chi connectivity index (χ0) is 22.9. The lowest BCUT2D eigenvalue weighted by molar-refractivity contribution is -0.160. The summed E-state index contributed by atoms with van der Waals surface area (Å²) in [5, 5.41) is 9.98. The molecular weight excluding hydrogens is 404 g/mol. The van der Waals surface area contributed by atoms with E-state index in [1.165, 1.54) is 5.56 Å². The number of carbonyl (C=O) groups is 1. The molecule has 1 N–H and O–H groups in total. The summed E-state index contributed by atoms with van der Waals surface area (Å²) in [5.41, 5.74) is 5.47. The molecule has 2 aromatic carbocycles. The van der Waals surface area contributed by atoms with Crippen LogP contribution >= 0.6 is 0 Å². The zero-order valence-electron chi connectivity index (χ0n) is 19.6. The van der Waals surface area contributed by atoms with Crippen molar-refractivity contribution in [1.29, 1.82) is 0 Å². The van der Waals surface area contributed by atoms with E-state index in [0.29, 0.717) is 25.9 Å². The number of carbonyl (C=O) groups excluding carboxylic acids is 1. The number of ether oxygens (including phenoxy) is 3. The molecule has 5 heteroatoms. The smallest absolute Gasteiger partial charge is 0.308 e. The Bertz CT molecular complexity index is 980. The van der Waals surface area contributed by atoms with E-state index in [9.17, 15) is 9.90 Å². The molecule has 0 aromatic heterocycles. The maximum atomic E-state index is 11.8. The Hall–Kier alpha value is -2.53. The Labute approximate surface area is 190 Å². The number of fused-ring (bicyclic) bond motifs is 1. The fourth-order valence-electron chi connectivity index (χ4n) is 4.85. The van der Waals surface area contributed by atoms with Crippen molar-refractivity contribution in [2.24, 2.45) is 0 Å². The predicted molar refractivity (Wildman–Crippen MR) is 123 cm³/mol. The van der Waals surface area contributed by atoms with Crippen LogP contribution in [0.2, 0.25) is 0 Å². The first-order valence-corrected chi connectivity index (χ1v) is 11.6. The van der Waals surface area contributed by atoms with Crippen LogP contribution in [0.15, 0.2) is 30.3 Å². The topological polar surface area (TPSA) is 65.0 Å². The number of esters is 1. The van der Waals surface area contributed by atoms with Gasteiger partial charge in [0.25, 0.3) is 0 Å². The number of benzene rings is 2. The number of hydrogen-bond donors (Lipinski definition) is 1. The molecule has 1 saturated heterocycles. The van der Waals surface area contributed by atoms with E-state index in [4.69, 9.17) is 14.2 Å². The van der Waals surface area contributed by atoms with Crippen LogP contribution in [0.25, 0.3) is 0 Å². The van der Waals surface area contributed by atoms with E-state index in [1.807, 2.05) is 18.2 Å². The van der Waals surface area contributed by atoms with Gasteiger partial charge in [-0.2, -0.15) is 0 Å². The third kappa shape index (κ3) is 4.93. The minimum absolute atomic E-state index is 0.0875. The normalized spacial score (nSPS) is 22.0. The Morgan fingerprint density at radius 1 is 1.16 bits per heavy atom. The number of aliphatic hydroxyl groups excluding tert-OH is 1. The second-order valence-electron chi connectivity index (χ2n) is 9.75. The highest BCUT2D eigenvalue weighted by molar-refractivity contribution is 5.71.